The van der Waals surface area contributed by atoms with Crippen LogP contribution in [0, 0.1) is 0 Å². The number of imide groups is 1. The van der Waals surface area contributed by atoms with Gasteiger partial charge in [-0.2, -0.15) is 0 Å². The Labute approximate surface area is 205 Å². The standard InChI is InChI=1S/C25H22N4O5S/c1-32-18-9-7-17(8-10-18)29-20-5-3-2-4-19(20)27-25(29)35-15-23(30)28-24(31)26-16-6-11-21-22(14-16)34-13-12-33-21/h2-11,14H,12-13,15H2,1H3,(H2,26,28,30,31). The third kappa shape index (κ3) is 5.02. The fraction of sp³-hybridized carbons (Fsp3) is 0.160. The van der Waals surface area contributed by atoms with Gasteiger partial charge in [0, 0.05) is 17.4 Å². The Morgan fingerprint density at radius 2 is 1.80 bits per heavy atom. The molecule has 0 radical (unpaired) electrons. The van der Waals surface area contributed by atoms with E-state index < -0.39 is 11.9 Å². The normalized spacial score (nSPS) is 12.3. The highest BCUT2D eigenvalue weighted by atomic mass is 32.2. The van der Waals surface area contributed by atoms with Crippen molar-refractivity contribution in [3.8, 4) is 22.9 Å². The third-order valence-corrected chi connectivity index (χ3v) is 6.18. The van der Waals surface area contributed by atoms with Crippen LogP contribution in [0.1, 0.15) is 0 Å². The lowest BCUT2D eigenvalue weighted by atomic mass is 10.2. The predicted octanol–water partition coefficient (Wildman–Crippen LogP) is 4.25. The molecule has 0 atom stereocenters. The third-order valence-electron chi connectivity index (χ3n) is 5.25. The molecule has 5 rings (SSSR count). The molecule has 9 nitrogen and oxygen atoms in total. The summed E-state index contributed by atoms with van der Waals surface area (Å²) in [7, 11) is 1.62. The summed E-state index contributed by atoms with van der Waals surface area (Å²) in [6.45, 7) is 0.929. The summed E-state index contributed by atoms with van der Waals surface area (Å²) in [5, 5.41) is 5.63. The van der Waals surface area contributed by atoms with Gasteiger partial charge in [-0.1, -0.05) is 23.9 Å². The van der Waals surface area contributed by atoms with Crippen LogP contribution in [0.5, 0.6) is 17.2 Å². The van der Waals surface area contributed by atoms with Crippen molar-refractivity contribution < 1.29 is 23.8 Å². The number of nitrogens with zero attached hydrogens (tertiary/aromatic N) is 2. The Morgan fingerprint density at radius 1 is 1.03 bits per heavy atom. The van der Waals surface area contributed by atoms with Gasteiger partial charge in [-0.3, -0.25) is 14.7 Å². The van der Waals surface area contributed by atoms with Crippen LogP contribution in [0.2, 0.25) is 0 Å². The van der Waals surface area contributed by atoms with Crippen molar-refractivity contribution in [1.82, 2.24) is 14.9 Å². The molecule has 2 N–H and O–H groups in total. The smallest absolute Gasteiger partial charge is 0.325 e. The Bertz CT molecular complexity index is 1390. The number of benzene rings is 3. The minimum atomic E-state index is -0.629. The summed E-state index contributed by atoms with van der Waals surface area (Å²) < 4.78 is 18.2. The topological polar surface area (TPSA) is 104 Å². The molecule has 1 aliphatic rings. The zero-order valence-electron chi connectivity index (χ0n) is 18.8. The quantitative estimate of drug-likeness (QED) is 0.390. The molecule has 10 heteroatoms. The molecule has 178 valence electrons. The monoisotopic (exact) mass is 490 g/mol. The summed E-state index contributed by atoms with van der Waals surface area (Å²) in [4.78, 5) is 29.5. The van der Waals surface area contributed by atoms with Gasteiger partial charge in [-0.25, -0.2) is 9.78 Å². The maximum Gasteiger partial charge on any atom is 0.325 e. The van der Waals surface area contributed by atoms with E-state index in [-0.39, 0.29) is 5.75 Å². The van der Waals surface area contributed by atoms with Crippen molar-refractivity contribution in [3.05, 3.63) is 66.7 Å². The average molecular weight is 491 g/mol. The number of methoxy groups -OCH3 is 1. The van der Waals surface area contributed by atoms with Crippen molar-refractivity contribution in [2.45, 2.75) is 5.16 Å². The first-order chi connectivity index (χ1) is 17.1. The number of hydrogen-bond donors (Lipinski definition) is 2. The van der Waals surface area contributed by atoms with E-state index in [1.165, 1.54) is 11.8 Å². The van der Waals surface area contributed by atoms with Gasteiger partial charge < -0.3 is 19.5 Å². The van der Waals surface area contributed by atoms with Crippen LogP contribution in [0.3, 0.4) is 0 Å². The number of para-hydroxylation sites is 2. The van der Waals surface area contributed by atoms with Crippen LogP contribution >= 0.6 is 11.8 Å². The number of ether oxygens (including phenoxy) is 3. The minimum absolute atomic E-state index is 0.00797. The number of carbonyl (C=O) groups is 2. The van der Waals surface area contributed by atoms with Crippen molar-refractivity contribution in [3.63, 3.8) is 0 Å². The van der Waals surface area contributed by atoms with Crippen LogP contribution in [0.25, 0.3) is 16.7 Å². The molecular formula is C25H22N4O5S. The van der Waals surface area contributed by atoms with E-state index in [0.717, 1.165) is 22.5 Å². The van der Waals surface area contributed by atoms with Crippen LogP contribution in [-0.2, 0) is 4.79 Å². The van der Waals surface area contributed by atoms with E-state index in [1.807, 2.05) is 53.1 Å². The lowest BCUT2D eigenvalue weighted by Gasteiger charge is -2.19. The zero-order valence-corrected chi connectivity index (χ0v) is 19.6. The highest BCUT2D eigenvalue weighted by Gasteiger charge is 2.17. The van der Waals surface area contributed by atoms with Gasteiger partial charge in [0.05, 0.1) is 23.9 Å². The second kappa shape index (κ2) is 9.98. The lowest BCUT2D eigenvalue weighted by molar-refractivity contribution is -0.117. The number of imidazole rings is 1. The van der Waals surface area contributed by atoms with Crippen LogP contribution < -0.4 is 24.8 Å². The maximum atomic E-state index is 12.5. The number of aromatic nitrogens is 2. The van der Waals surface area contributed by atoms with Gasteiger partial charge in [-0.15, -0.1) is 0 Å². The van der Waals surface area contributed by atoms with Crippen molar-refractivity contribution in [2.24, 2.45) is 0 Å². The molecule has 0 spiro atoms. The Balaban J connectivity index is 1.26. The first-order valence-corrected chi connectivity index (χ1v) is 11.8. The van der Waals surface area contributed by atoms with E-state index in [1.54, 1.807) is 25.3 Å². The van der Waals surface area contributed by atoms with E-state index in [4.69, 9.17) is 14.2 Å². The molecule has 0 unspecified atom stereocenters. The summed E-state index contributed by atoms with van der Waals surface area (Å²) in [6.07, 6.45) is 0. The number of thioether (sulfide) groups is 1. The van der Waals surface area contributed by atoms with Gasteiger partial charge in [-0.05, 0) is 48.5 Å². The van der Waals surface area contributed by atoms with Crippen molar-refractivity contribution in [2.75, 3.05) is 31.4 Å². The molecule has 1 aromatic heterocycles. The Kier molecular flexibility index (Phi) is 6.44. The fourth-order valence-corrected chi connectivity index (χ4v) is 4.49. The van der Waals surface area contributed by atoms with Crippen molar-refractivity contribution in [1.29, 1.82) is 0 Å². The maximum absolute atomic E-state index is 12.5. The highest BCUT2D eigenvalue weighted by molar-refractivity contribution is 7.99. The summed E-state index contributed by atoms with van der Waals surface area (Å²) >= 11 is 1.24. The van der Waals surface area contributed by atoms with Crippen LogP contribution in [0.15, 0.2) is 71.9 Å². The number of amides is 3. The first-order valence-electron chi connectivity index (χ1n) is 10.9. The largest absolute Gasteiger partial charge is 0.497 e. The predicted molar refractivity (Wildman–Crippen MR) is 133 cm³/mol. The Morgan fingerprint density at radius 3 is 2.60 bits per heavy atom. The molecule has 35 heavy (non-hydrogen) atoms. The van der Waals surface area contributed by atoms with Gasteiger partial charge in [0.2, 0.25) is 5.91 Å². The van der Waals surface area contributed by atoms with Gasteiger partial charge in [0.1, 0.15) is 19.0 Å². The van der Waals surface area contributed by atoms with Gasteiger partial charge >= 0.3 is 6.03 Å². The molecule has 0 saturated heterocycles. The molecule has 0 aliphatic carbocycles. The second-order valence-electron chi connectivity index (χ2n) is 7.57. The molecule has 2 heterocycles. The van der Waals surface area contributed by atoms with E-state index in [2.05, 4.69) is 15.6 Å². The molecule has 3 amide bonds. The van der Waals surface area contributed by atoms with Crippen molar-refractivity contribution >= 4 is 40.4 Å². The zero-order chi connectivity index (χ0) is 24.2. The molecule has 1 aliphatic heterocycles. The molecule has 4 aromatic rings. The lowest BCUT2D eigenvalue weighted by Crippen LogP contribution is -2.35. The average Bonchev–Trinajstić information content (AvgIpc) is 3.26. The van der Waals surface area contributed by atoms with Gasteiger partial charge in [0.25, 0.3) is 0 Å². The number of hydrogen-bond acceptors (Lipinski definition) is 7. The number of urea groups is 1. The number of anilines is 1. The van der Waals surface area contributed by atoms with E-state index >= 15 is 0 Å². The molecule has 0 fully saturated rings. The number of rotatable bonds is 6. The highest BCUT2D eigenvalue weighted by Crippen LogP contribution is 2.32. The summed E-state index contributed by atoms with van der Waals surface area (Å²) in [6, 6.07) is 19.8. The fourth-order valence-electron chi connectivity index (χ4n) is 3.66. The summed E-state index contributed by atoms with van der Waals surface area (Å²) in [5.74, 6) is 1.48. The number of nitrogens with one attached hydrogen (secondary N) is 2. The Hall–Kier alpha value is -4.18. The van der Waals surface area contributed by atoms with Crippen LogP contribution in [-0.4, -0.2) is 47.6 Å². The van der Waals surface area contributed by atoms with E-state index in [9.17, 15) is 9.59 Å². The van der Waals surface area contributed by atoms with E-state index in [0.29, 0.717) is 35.6 Å². The molecular weight excluding hydrogens is 468 g/mol. The first kappa shape index (κ1) is 22.6. The molecule has 3 aromatic carbocycles. The minimum Gasteiger partial charge on any atom is -0.497 e. The van der Waals surface area contributed by atoms with Crippen LogP contribution in [0.4, 0.5) is 10.5 Å². The SMILES string of the molecule is COc1ccc(-n2c(SCC(=O)NC(=O)Nc3ccc4c(c3)OCCO4)nc3ccccc32)cc1. The summed E-state index contributed by atoms with van der Waals surface area (Å²) in [5.41, 5.74) is 3.10. The molecule has 0 saturated carbocycles. The van der Waals surface area contributed by atoms with Gasteiger partial charge in [0.15, 0.2) is 16.7 Å². The second-order valence-corrected chi connectivity index (χ2v) is 8.51. The number of carbonyl (C=O) groups excluding carboxylic acids is 2. The number of fused-ring (bicyclic) bond motifs is 2. The molecule has 0 bridgehead atoms.